The highest BCUT2D eigenvalue weighted by molar-refractivity contribution is 7.98. The van der Waals surface area contributed by atoms with Gasteiger partial charge in [-0.2, -0.15) is 0 Å². The van der Waals surface area contributed by atoms with Crippen molar-refractivity contribution in [3.05, 3.63) is 65.7 Å². The minimum Gasteiger partial charge on any atom is -0.312 e. The fourth-order valence-electron chi connectivity index (χ4n) is 2.73. The number of allylic oxidation sites excluding steroid dienone is 1. The number of benzene rings is 2. The van der Waals surface area contributed by atoms with Crippen LogP contribution < -0.4 is 4.90 Å². The van der Waals surface area contributed by atoms with Crippen LogP contribution in [0.1, 0.15) is 28.8 Å². The largest absolute Gasteiger partial charge is 0.312 e. The first-order valence-electron chi connectivity index (χ1n) is 7.94. The summed E-state index contributed by atoms with van der Waals surface area (Å²) in [5.41, 5.74) is 2.40. The number of hydrogen-bond acceptors (Lipinski definition) is 3. The minimum absolute atomic E-state index is 0.0579. The van der Waals surface area contributed by atoms with Gasteiger partial charge >= 0.3 is 0 Å². The first-order valence-corrected chi connectivity index (χ1v) is 9.17. The Morgan fingerprint density at radius 3 is 2.62 bits per heavy atom. The molecule has 2 aromatic rings. The number of hydrogen-bond donors (Lipinski definition) is 0. The van der Waals surface area contributed by atoms with Crippen LogP contribution in [0.5, 0.6) is 0 Å². The summed E-state index contributed by atoms with van der Waals surface area (Å²) in [7, 11) is 0. The van der Waals surface area contributed by atoms with Crippen LogP contribution >= 0.6 is 11.8 Å². The zero-order valence-electron chi connectivity index (χ0n) is 13.6. The number of thioether (sulfide) groups is 1. The van der Waals surface area contributed by atoms with Gasteiger partial charge in [0.2, 0.25) is 5.91 Å². The van der Waals surface area contributed by atoms with Gasteiger partial charge in [0.25, 0.3) is 0 Å². The fourth-order valence-corrected chi connectivity index (χ4v) is 3.14. The van der Waals surface area contributed by atoms with Crippen molar-refractivity contribution in [3.8, 4) is 0 Å². The molecule has 1 fully saturated rings. The Morgan fingerprint density at radius 2 is 1.96 bits per heavy atom. The molecule has 0 saturated carbocycles. The molecule has 1 saturated heterocycles. The Morgan fingerprint density at radius 1 is 1.17 bits per heavy atom. The maximum atomic E-state index is 12.4. The molecular formula is C20H19NO2S. The van der Waals surface area contributed by atoms with E-state index >= 15 is 0 Å². The number of carbonyl (C=O) groups is 2. The van der Waals surface area contributed by atoms with Gasteiger partial charge in [-0.3, -0.25) is 9.59 Å². The molecule has 0 N–H and O–H groups in total. The summed E-state index contributed by atoms with van der Waals surface area (Å²) in [5.74, 6) is 0.0708. The van der Waals surface area contributed by atoms with Crippen molar-refractivity contribution >= 4 is 35.2 Å². The molecule has 0 unspecified atom stereocenters. The lowest BCUT2D eigenvalue weighted by Gasteiger charge is -2.16. The first-order chi connectivity index (χ1) is 11.7. The van der Waals surface area contributed by atoms with Crippen LogP contribution in [0.25, 0.3) is 6.08 Å². The molecule has 3 nitrogen and oxygen atoms in total. The molecule has 3 rings (SSSR count). The molecule has 0 bridgehead atoms. The Hall–Kier alpha value is -2.33. The summed E-state index contributed by atoms with van der Waals surface area (Å²) in [5, 5.41) is 0. The van der Waals surface area contributed by atoms with E-state index in [1.54, 1.807) is 34.9 Å². The van der Waals surface area contributed by atoms with Gasteiger partial charge in [0.05, 0.1) is 0 Å². The number of amides is 1. The maximum absolute atomic E-state index is 12.4. The van der Waals surface area contributed by atoms with Gasteiger partial charge in [0, 0.05) is 29.1 Å². The molecule has 0 aliphatic carbocycles. The third-order valence-electron chi connectivity index (χ3n) is 4.06. The Kier molecular flexibility index (Phi) is 5.16. The molecule has 1 amide bonds. The van der Waals surface area contributed by atoms with Crippen LogP contribution in [-0.4, -0.2) is 24.5 Å². The smallest absolute Gasteiger partial charge is 0.227 e. The van der Waals surface area contributed by atoms with Gasteiger partial charge in [-0.25, -0.2) is 0 Å². The number of anilines is 1. The van der Waals surface area contributed by atoms with E-state index < -0.39 is 0 Å². The number of ketones is 1. The van der Waals surface area contributed by atoms with E-state index in [0.29, 0.717) is 12.0 Å². The molecule has 1 aliphatic heterocycles. The van der Waals surface area contributed by atoms with Crippen LogP contribution in [0.4, 0.5) is 5.69 Å². The van der Waals surface area contributed by atoms with Crippen molar-refractivity contribution in [2.24, 2.45) is 0 Å². The molecule has 2 aromatic carbocycles. The number of rotatable bonds is 5. The summed E-state index contributed by atoms with van der Waals surface area (Å²) in [6.45, 7) is 0.730. The summed E-state index contributed by atoms with van der Waals surface area (Å²) < 4.78 is 0. The van der Waals surface area contributed by atoms with Crippen LogP contribution in [0.3, 0.4) is 0 Å². The van der Waals surface area contributed by atoms with Crippen molar-refractivity contribution in [1.29, 1.82) is 0 Å². The van der Waals surface area contributed by atoms with E-state index in [1.165, 1.54) is 4.90 Å². The average Bonchev–Trinajstić information content (AvgIpc) is 3.06. The van der Waals surface area contributed by atoms with Gasteiger partial charge in [0.1, 0.15) is 0 Å². The fraction of sp³-hybridized carbons (Fsp3) is 0.200. The Balaban J connectivity index is 1.74. The molecule has 4 heteroatoms. The normalized spacial score (nSPS) is 14.5. The predicted octanol–water partition coefficient (Wildman–Crippen LogP) is 4.43. The summed E-state index contributed by atoms with van der Waals surface area (Å²) >= 11 is 1.69. The van der Waals surface area contributed by atoms with Crippen molar-refractivity contribution < 1.29 is 9.59 Å². The third kappa shape index (κ3) is 3.77. The van der Waals surface area contributed by atoms with Crippen LogP contribution in [0.15, 0.2) is 59.5 Å². The average molecular weight is 337 g/mol. The predicted molar refractivity (Wildman–Crippen MR) is 99.6 cm³/mol. The zero-order chi connectivity index (χ0) is 16.9. The number of nitrogens with zero attached hydrogens (tertiary/aromatic N) is 1. The van der Waals surface area contributed by atoms with Gasteiger partial charge in [0.15, 0.2) is 5.78 Å². The molecule has 122 valence electrons. The van der Waals surface area contributed by atoms with E-state index in [-0.39, 0.29) is 11.7 Å². The van der Waals surface area contributed by atoms with Crippen molar-refractivity contribution in [3.63, 3.8) is 0 Å². The first kappa shape index (κ1) is 16.5. The second-order valence-electron chi connectivity index (χ2n) is 5.67. The topological polar surface area (TPSA) is 37.4 Å². The number of carbonyl (C=O) groups excluding carboxylic acids is 2. The van der Waals surface area contributed by atoms with E-state index in [1.807, 2.05) is 48.7 Å². The van der Waals surface area contributed by atoms with E-state index in [2.05, 4.69) is 0 Å². The Bertz CT molecular complexity index is 780. The Labute approximate surface area is 146 Å². The summed E-state index contributed by atoms with van der Waals surface area (Å²) in [4.78, 5) is 27.2. The lowest BCUT2D eigenvalue weighted by Crippen LogP contribution is -2.23. The maximum Gasteiger partial charge on any atom is 0.227 e. The van der Waals surface area contributed by atoms with Crippen LogP contribution in [0.2, 0.25) is 0 Å². The highest BCUT2D eigenvalue weighted by Crippen LogP contribution is 2.23. The van der Waals surface area contributed by atoms with Crippen molar-refractivity contribution in [2.75, 3.05) is 17.7 Å². The molecule has 1 aliphatic rings. The van der Waals surface area contributed by atoms with Crippen molar-refractivity contribution in [2.45, 2.75) is 17.7 Å². The minimum atomic E-state index is -0.0579. The second-order valence-corrected chi connectivity index (χ2v) is 6.55. The van der Waals surface area contributed by atoms with Crippen LogP contribution in [-0.2, 0) is 4.79 Å². The van der Waals surface area contributed by atoms with Gasteiger partial charge in [-0.15, -0.1) is 11.8 Å². The molecule has 1 heterocycles. The van der Waals surface area contributed by atoms with Gasteiger partial charge < -0.3 is 4.90 Å². The van der Waals surface area contributed by atoms with Crippen LogP contribution in [0, 0.1) is 0 Å². The third-order valence-corrected chi connectivity index (χ3v) is 4.80. The molecule has 0 atom stereocenters. The van der Waals surface area contributed by atoms with E-state index in [4.69, 9.17) is 0 Å². The lowest BCUT2D eigenvalue weighted by molar-refractivity contribution is -0.117. The molecule has 24 heavy (non-hydrogen) atoms. The molecular weight excluding hydrogens is 318 g/mol. The lowest BCUT2D eigenvalue weighted by atomic mass is 10.1. The zero-order valence-corrected chi connectivity index (χ0v) is 14.4. The van der Waals surface area contributed by atoms with E-state index in [9.17, 15) is 9.59 Å². The molecule has 0 spiro atoms. The monoisotopic (exact) mass is 337 g/mol. The van der Waals surface area contributed by atoms with Gasteiger partial charge in [-0.05, 0) is 48.6 Å². The standard InChI is InChI=1S/C20H19NO2S/c1-24-18-10-7-15(8-11-18)9-12-19(22)16-4-2-5-17(14-16)21-13-3-6-20(21)23/h2,4-5,7-12,14H,3,6,13H2,1H3. The highest BCUT2D eigenvalue weighted by atomic mass is 32.2. The summed E-state index contributed by atoms with van der Waals surface area (Å²) in [6.07, 6.45) is 6.90. The SMILES string of the molecule is CSc1ccc(C=CC(=O)c2cccc(N3CCCC3=O)c2)cc1. The van der Waals surface area contributed by atoms with Crippen molar-refractivity contribution in [1.82, 2.24) is 0 Å². The van der Waals surface area contributed by atoms with E-state index in [0.717, 1.165) is 24.2 Å². The second kappa shape index (κ2) is 7.49. The highest BCUT2D eigenvalue weighted by Gasteiger charge is 2.21. The van der Waals surface area contributed by atoms with Gasteiger partial charge in [-0.1, -0.05) is 30.3 Å². The summed E-state index contributed by atoms with van der Waals surface area (Å²) in [6, 6.07) is 15.4. The molecule has 0 radical (unpaired) electrons. The molecule has 0 aromatic heterocycles. The quantitative estimate of drug-likeness (QED) is 0.460.